The third kappa shape index (κ3) is 4.81. The summed E-state index contributed by atoms with van der Waals surface area (Å²) in [7, 11) is 0. The summed E-state index contributed by atoms with van der Waals surface area (Å²) in [4.78, 5) is 11.0. The van der Waals surface area contributed by atoms with Crippen molar-refractivity contribution in [3.05, 3.63) is 23.3 Å². The number of anilines is 1. The molecular formula is C15H23NO3. The summed E-state index contributed by atoms with van der Waals surface area (Å²) in [5.41, 5.74) is 6.88. The number of hydrogen-bond donors (Lipinski definition) is 2. The fraction of sp³-hybridized carbons (Fsp3) is 0.533. The van der Waals surface area contributed by atoms with Crippen molar-refractivity contribution in [2.24, 2.45) is 0 Å². The van der Waals surface area contributed by atoms with E-state index in [1.54, 1.807) is 13.0 Å². The molecule has 106 valence electrons. The Morgan fingerprint density at radius 1 is 1.26 bits per heavy atom. The molecule has 0 aliphatic heterocycles. The van der Waals surface area contributed by atoms with Crippen molar-refractivity contribution in [1.29, 1.82) is 0 Å². The molecule has 3 N–H and O–H groups in total. The lowest BCUT2D eigenvalue weighted by molar-refractivity contribution is 0.0697. The molecule has 0 aromatic heterocycles. The summed E-state index contributed by atoms with van der Waals surface area (Å²) in [6.45, 7) is 4.59. The Labute approximate surface area is 114 Å². The zero-order valence-electron chi connectivity index (χ0n) is 11.7. The Kier molecular flexibility index (Phi) is 6.19. The number of aryl methyl sites for hydroxylation is 1. The van der Waals surface area contributed by atoms with E-state index in [0.29, 0.717) is 18.0 Å². The SMILES string of the molecule is CCCCCCCOc1cc(C)c(N)c(C(=O)O)c1. The highest BCUT2D eigenvalue weighted by Gasteiger charge is 2.12. The number of rotatable bonds is 8. The van der Waals surface area contributed by atoms with Gasteiger partial charge in [0.1, 0.15) is 5.75 Å². The van der Waals surface area contributed by atoms with Gasteiger partial charge in [0.15, 0.2) is 0 Å². The number of nitrogen functional groups attached to an aromatic ring is 1. The fourth-order valence-electron chi connectivity index (χ4n) is 1.92. The quantitative estimate of drug-likeness (QED) is 0.556. The minimum Gasteiger partial charge on any atom is -0.494 e. The minimum atomic E-state index is -1.02. The number of ether oxygens (including phenoxy) is 1. The summed E-state index contributed by atoms with van der Waals surface area (Å²) >= 11 is 0. The highest BCUT2D eigenvalue weighted by atomic mass is 16.5. The fourth-order valence-corrected chi connectivity index (χ4v) is 1.92. The molecule has 0 atom stereocenters. The Hall–Kier alpha value is -1.71. The average molecular weight is 265 g/mol. The topological polar surface area (TPSA) is 72.5 Å². The standard InChI is InChI=1S/C15H23NO3/c1-3-4-5-6-7-8-19-12-9-11(2)14(16)13(10-12)15(17)18/h9-10H,3-8,16H2,1-2H3,(H,17,18). The maximum Gasteiger partial charge on any atom is 0.337 e. The van der Waals surface area contributed by atoms with Gasteiger partial charge in [0, 0.05) is 5.69 Å². The largest absolute Gasteiger partial charge is 0.494 e. The van der Waals surface area contributed by atoms with E-state index in [-0.39, 0.29) is 5.56 Å². The van der Waals surface area contributed by atoms with Crippen LogP contribution in [0.1, 0.15) is 54.9 Å². The van der Waals surface area contributed by atoms with Crippen molar-refractivity contribution in [1.82, 2.24) is 0 Å². The van der Waals surface area contributed by atoms with Gasteiger partial charge in [-0.25, -0.2) is 4.79 Å². The summed E-state index contributed by atoms with van der Waals surface area (Å²) in [5.74, 6) is -0.436. The maximum absolute atomic E-state index is 11.0. The molecule has 0 bridgehead atoms. The second-order valence-corrected chi connectivity index (χ2v) is 4.77. The van der Waals surface area contributed by atoms with E-state index in [9.17, 15) is 4.79 Å². The van der Waals surface area contributed by atoms with Crippen molar-refractivity contribution >= 4 is 11.7 Å². The second kappa shape index (κ2) is 7.67. The van der Waals surface area contributed by atoms with Crippen molar-refractivity contribution in [2.75, 3.05) is 12.3 Å². The molecule has 19 heavy (non-hydrogen) atoms. The van der Waals surface area contributed by atoms with Crippen LogP contribution in [0.3, 0.4) is 0 Å². The Morgan fingerprint density at radius 3 is 2.58 bits per heavy atom. The van der Waals surface area contributed by atoms with Crippen molar-refractivity contribution in [2.45, 2.75) is 46.0 Å². The van der Waals surface area contributed by atoms with Crippen molar-refractivity contribution in [3.8, 4) is 5.75 Å². The van der Waals surface area contributed by atoms with Crippen LogP contribution in [-0.2, 0) is 0 Å². The number of nitrogens with two attached hydrogens (primary N) is 1. The Balaban J connectivity index is 2.52. The molecule has 0 heterocycles. The predicted molar refractivity (Wildman–Crippen MR) is 76.8 cm³/mol. The first-order valence-corrected chi connectivity index (χ1v) is 6.82. The molecule has 0 saturated heterocycles. The minimum absolute atomic E-state index is 0.112. The van der Waals surface area contributed by atoms with Crippen molar-refractivity contribution < 1.29 is 14.6 Å². The number of hydrogen-bond acceptors (Lipinski definition) is 3. The molecule has 0 fully saturated rings. The van der Waals surface area contributed by atoms with Gasteiger partial charge < -0.3 is 15.6 Å². The Morgan fingerprint density at radius 2 is 1.95 bits per heavy atom. The smallest absolute Gasteiger partial charge is 0.337 e. The van der Waals surface area contributed by atoms with Gasteiger partial charge in [-0.15, -0.1) is 0 Å². The van der Waals surface area contributed by atoms with Gasteiger partial charge in [0.2, 0.25) is 0 Å². The maximum atomic E-state index is 11.0. The van der Waals surface area contributed by atoms with Gasteiger partial charge in [0.05, 0.1) is 12.2 Å². The molecule has 0 spiro atoms. The van der Waals surface area contributed by atoms with Crippen LogP contribution in [0.5, 0.6) is 5.75 Å². The normalized spacial score (nSPS) is 10.4. The highest BCUT2D eigenvalue weighted by Crippen LogP contribution is 2.24. The van der Waals surface area contributed by atoms with Gasteiger partial charge >= 0.3 is 5.97 Å². The number of carbonyl (C=O) groups is 1. The first-order chi connectivity index (χ1) is 9.06. The molecule has 4 heteroatoms. The lowest BCUT2D eigenvalue weighted by atomic mass is 10.1. The monoisotopic (exact) mass is 265 g/mol. The molecule has 4 nitrogen and oxygen atoms in total. The third-order valence-electron chi connectivity index (χ3n) is 3.11. The van der Waals surface area contributed by atoms with Crippen LogP contribution < -0.4 is 10.5 Å². The summed E-state index contributed by atoms with van der Waals surface area (Å²) < 4.78 is 5.59. The third-order valence-corrected chi connectivity index (χ3v) is 3.11. The first kappa shape index (κ1) is 15.3. The lowest BCUT2D eigenvalue weighted by Crippen LogP contribution is -2.06. The second-order valence-electron chi connectivity index (χ2n) is 4.77. The molecule has 0 amide bonds. The summed E-state index contributed by atoms with van der Waals surface area (Å²) in [5, 5.41) is 9.05. The first-order valence-electron chi connectivity index (χ1n) is 6.82. The number of unbranched alkanes of at least 4 members (excludes halogenated alkanes) is 4. The van der Waals surface area contributed by atoms with Gasteiger partial charge in [-0.2, -0.15) is 0 Å². The van der Waals surface area contributed by atoms with Crippen LogP contribution in [0.15, 0.2) is 12.1 Å². The Bertz CT molecular complexity index is 430. The van der Waals surface area contributed by atoms with Crippen LogP contribution in [0.25, 0.3) is 0 Å². The number of aromatic carboxylic acids is 1. The van der Waals surface area contributed by atoms with E-state index in [1.807, 2.05) is 0 Å². The summed E-state index contributed by atoms with van der Waals surface area (Å²) in [6, 6.07) is 3.28. The molecule has 1 aromatic carbocycles. The van der Waals surface area contributed by atoms with E-state index in [0.717, 1.165) is 18.4 Å². The van der Waals surface area contributed by atoms with Crippen molar-refractivity contribution in [3.63, 3.8) is 0 Å². The molecule has 0 saturated carbocycles. The molecule has 1 rings (SSSR count). The number of carboxylic acids is 1. The lowest BCUT2D eigenvalue weighted by Gasteiger charge is -2.10. The van der Waals surface area contributed by atoms with Gasteiger partial charge in [-0.05, 0) is 31.0 Å². The molecule has 0 radical (unpaired) electrons. The zero-order valence-corrected chi connectivity index (χ0v) is 11.7. The van der Waals surface area contributed by atoms with Gasteiger partial charge in [-0.1, -0.05) is 32.6 Å². The molecule has 1 aromatic rings. The average Bonchev–Trinajstić information content (AvgIpc) is 2.37. The van der Waals surface area contributed by atoms with Gasteiger partial charge in [-0.3, -0.25) is 0 Å². The summed E-state index contributed by atoms with van der Waals surface area (Å²) in [6.07, 6.45) is 5.84. The van der Waals surface area contributed by atoms with E-state index in [2.05, 4.69) is 6.92 Å². The molecular weight excluding hydrogens is 242 g/mol. The molecule has 0 aliphatic carbocycles. The predicted octanol–water partition coefficient (Wildman–Crippen LogP) is 3.62. The van der Waals surface area contributed by atoms with E-state index >= 15 is 0 Å². The number of carboxylic acid groups (broad SMARTS) is 1. The van der Waals surface area contributed by atoms with E-state index < -0.39 is 5.97 Å². The van der Waals surface area contributed by atoms with Crippen LogP contribution in [0.2, 0.25) is 0 Å². The molecule has 0 aliphatic rings. The number of benzene rings is 1. The van der Waals surface area contributed by atoms with Crippen LogP contribution in [0, 0.1) is 6.92 Å². The highest BCUT2D eigenvalue weighted by molar-refractivity contribution is 5.95. The van der Waals surface area contributed by atoms with Crippen LogP contribution in [-0.4, -0.2) is 17.7 Å². The zero-order chi connectivity index (χ0) is 14.3. The van der Waals surface area contributed by atoms with E-state index in [1.165, 1.54) is 25.3 Å². The van der Waals surface area contributed by atoms with E-state index in [4.69, 9.17) is 15.6 Å². The molecule has 0 unspecified atom stereocenters. The van der Waals surface area contributed by atoms with Gasteiger partial charge in [0.25, 0.3) is 0 Å². The van der Waals surface area contributed by atoms with Crippen LogP contribution in [0.4, 0.5) is 5.69 Å². The van der Waals surface area contributed by atoms with Crippen LogP contribution >= 0.6 is 0 Å².